The lowest BCUT2D eigenvalue weighted by Crippen LogP contribution is -2.26. The van der Waals surface area contributed by atoms with Crippen LogP contribution >= 0.6 is 0 Å². The summed E-state index contributed by atoms with van der Waals surface area (Å²) in [5.74, 6) is 0.901. The fourth-order valence-corrected chi connectivity index (χ4v) is 2.68. The van der Waals surface area contributed by atoms with Gasteiger partial charge in [0.05, 0.1) is 5.69 Å². The summed E-state index contributed by atoms with van der Waals surface area (Å²) >= 11 is 0. The van der Waals surface area contributed by atoms with E-state index in [0.717, 1.165) is 29.3 Å². The van der Waals surface area contributed by atoms with Crippen molar-refractivity contribution in [1.82, 2.24) is 29.7 Å². The van der Waals surface area contributed by atoms with Gasteiger partial charge >= 0.3 is 0 Å². The highest BCUT2D eigenvalue weighted by atomic mass is 16.1. The Morgan fingerprint density at radius 2 is 2.12 bits per heavy atom. The Balaban J connectivity index is 1.46. The van der Waals surface area contributed by atoms with Crippen LogP contribution in [0.4, 0.5) is 0 Å². The Morgan fingerprint density at radius 3 is 2.92 bits per heavy atom. The van der Waals surface area contributed by atoms with Gasteiger partial charge in [-0.1, -0.05) is 6.07 Å². The molecule has 0 atom stereocenters. The minimum absolute atomic E-state index is 0.0486. The molecule has 1 amide bonds. The second kappa shape index (κ2) is 7.25. The lowest BCUT2D eigenvalue weighted by molar-refractivity contribution is -0.121. The van der Waals surface area contributed by atoms with Crippen molar-refractivity contribution >= 4 is 11.6 Å². The van der Waals surface area contributed by atoms with Gasteiger partial charge < -0.3 is 5.32 Å². The summed E-state index contributed by atoms with van der Waals surface area (Å²) in [4.78, 5) is 12.0. The van der Waals surface area contributed by atoms with Gasteiger partial charge in [-0.15, -0.1) is 10.2 Å². The molecule has 3 heterocycles. The molecule has 0 bridgehead atoms. The molecule has 3 aromatic heterocycles. The van der Waals surface area contributed by atoms with Crippen molar-refractivity contribution in [3.05, 3.63) is 47.7 Å². The second-order valence-corrected chi connectivity index (χ2v) is 5.74. The van der Waals surface area contributed by atoms with Crippen molar-refractivity contribution in [3.63, 3.8) is 0 Å². The van der Waals surface area contributed by atoms with Gasteiger partial charge in [0.15, 0.2) is 5.65 Å². The van der Waals surface area contributed by atoms with Crippen LogP contribution in [0.2, 0.25) is 0 Å². The molecule has 0 spiro atoms. The Bertz CT molecular complexity index is 835. The molecule has 7 nitrogen and oxygen atoms in total. The third-order valence-electron chi connectivity index (χ3n) is 4.05. The van der Waals surface area contributed by atoms with Crippen molar-refractivity contribution in [2.75, 3.05) is 6.54 Å². The minimum Gasteiger partial charge on any atom is -0.356 e. The summed E-state index contributed by atoms with van der Waals surface area (Å²) in [6, 6.07) is 5.78. The SMILES string of the molecule is CCn1cc(CCC(=O)NCCc2nnc3ccccn23)c(C)n1. The molecule has 0 unspecified atom stereocenters. The van der Waals surface area contributed by atoms with Crippen LogP contribution in [0, 0.1) is 6.92 Å². The lowest BCUT2D eigenvalue weighted by Gasteiger charge is -2.04. The Kier molecular flexibility index (Phi) is 4.88. The van der Waals surface area contributed by atoms with Gasteiger partial charge in [-0.05, 0) is 38.0 Å². The van der Waals surface area contributed by atoms with Crippen molar-refractivity contribution in [2.24, 2.45) is 0 Å². The molecule has 0 aliphatic heterocycles. The van der Waals surface area contributed by atoms with Crippen LogP contribution in [0.15, 0.2) is 30.6 Å². The van der Waals surface area contributed by atoms with E-state index < -0.39 is 0 Å². The molecule has 0 aliphatic rings. The van der Waals surface area contributed by atoms with E-state index in [0.29, 0.717) is 25.8 Å². The van der Waals surface area contributed by atoms with Gasteiger partial charge in [-0.2, -0.15) is 5.10 Å². The van der Waals surface area contributed by atoms with Gasteiger partial charge in [0.25, 0.3) is 0 Å². The number of amides is 1. The molecule has 3 aromatic rings. The predicted molar refractivity (Wildman–Crippen MR) is 90.7 cm³/mol. The number of aryl methyl sites for hydroxylation is 3. The molecule has 0 saturated carbocycles. The van der Waals surface area contributed by atoms with Crippen molar-refractivity contribution in [3.8, 4) is 0 Å². The predicted octanol–water partition coefficient (Wildman–Crippen LogP) is 1.55. The molecular formula is C17H22N6O. The van der Waals surface area contributed by atoms with E-state index in [4.69, 9.17) is 0 Å². The van der Waals surface area contributed by atoms with Gasteiger partial charge in [-0.25, -0.2) is 0 Å². The van der Waals surface area contributed by atoms with Gasteiger partial charge in [0.2, 0.25) is 5.91 Å². The number of hydrogen-bond acceptors (Lipinski definition) is 4. The van der Waals surface area contributed by atoms with E-state index >= 15 is 0 Å². The van der Waals surface area contributed by atoms with Crippen LogP contribution in [0.1, 0.15) is 30.4 Å². The van der Waals surface area contributed by atoms with Gasteiger partial charge in [-0.3, -0.25) is 13.9 Å². The smallest absolute Gasteiger partial charge is 0.220 e. The van der Waals surface area contributed by atoms with E-state index in [1.165, 1.54) is 0 Å². The summed E-state index contributed by atoms with van der Waals surface area (Å²) in [6.45, 7) is 5.44. The number of carbonyl (C=O) groups is 1. The number of nitrogens with zero attached hydrogens (tertiary/aromatic N) is 5. The van der Waals surface area contributed by atoms with E-state index in [2.05, 4.69) is 27.5 Å². The third kappa shape index (κ3) is 3.61. The van der Waals surface area contributed by atoms with E-state index in [-0.39, 0.29) is 5.91 Å². The molecule has 0 aliphatic carbocycles. The number of rotatable bonds is 7. The Labute approximate surface area is 140 Å². The normalized spacial score (nSPS) is 11.1. The molecular weight excluding hydrogens is 304 g/mol. The van der Waals surface area contributed by atoms with Crippen LogP contribution < -0.4 is 5.32 Å². The summed E-state index contributed by atoms with van der Waals surface area (Å²) in [5.41, 5.74) is 2.96. The fourth-order valence-electron chi connectivity index (χ4n) is 2.68. The van der Waals surface area contributed by atoms with Gasteiger partial charge in [0.1, 0.15) is 5.82 Å². The Hall–Kier alpha value is -2.70. The first kappa shape index (κ1) is 16.2. The number of aromatic nitrogens is 5. The van der Waals surface area contributed by atoms with Crippen molar-refractivity contribution in [2.45, 2.75) is 39.7 Å². The summed E-state index contributed by atoms with van der Waals surface area (Å²) in [5, 5.41) is 15.6. The highest BCUT2D eigenvalue weighted by Crippen LogP contribution is 2.08. The average Bonchev–Trinajstić information content (AvgIpc) is 3.16. The minimum atomic E-state index is 0.0486. The number of pyridine rings is 1. The van der Waals surface area contributed by atoms with Crippen LogP contribution in [-0.4, -0.2) is 36.8 Å². The van der Waals surface area contributed by atoms with Crippen LogP contribution in [-0.2, 0) is 24.2 Å². The molecule has 126 valence electrons. The topological polar surface area (TPSA) is 77.1 Å². The zero-order chi connectivity index (χ0) is 16.9. The van der Waals surface area contributed by atoms with E-state index in [1.807, 2.05) is 46.6 Å². The first-order valence-corrected chi connectivity index (χ1v) is 8.25. The van der Waals surface area contributed by atoms with Crippen LogP contribution in [0.25, 0.3) is 5.65 Å². The molecule has 1 N–H and O–H groups in total. The largest absolute Gasteiger partial charge is 0.356 e. The van der Waals surface area contributed by atoms with Crippen LogP contribution in [0.3, 0.4) is 0 Å². The van der Waals surface area contributed by atoms with Crippen molar-refractivity contribution < 1.29 is 4.79 Å². The average molecular weight is 326 g/mol. The third-order valence-corrected chi connectivity index (χ3v) is 4.05. The monoisotopic (exact) mass is 326 g/mol. The molecule has 7 heteroatoms. The molecule has 0 aromatic carbocycles. The quantitative estimate of drug-likeness (QED) is 0.714. The molecule has 3 rings (SSSR count). The second-order valence-electron chi connectivity index (χ2n) is 5.74. The number of fused-ring (bicyclic) bond motifs is 1. The molecule has 24 heavy (non-hydrogen) atoms. The number of hydrogen-bond donors (Lipinski definition) is 1. The first-order valence-electron chi connectivity index (χ1n) is 8.25. The van der Waals surface area contributed by atoms with E-state index in [1.54, 1.807) is 0 Å². The molecule has 0 radical (unpaired) electrons. The number of carbonyl (C=O) groups excluding carboxylic acids is 1. The zero-order valence-electron chi connectivity index (χ0n) is 14.1. The van der Waals surface area contributed by atoms with Gasteiger partial charge in [0, 0.05) is 38.3 Å². The zero-order valence-corrected chi connectivity index (χ0v) is 14.1. The number of nitrogens with one attached hydrogen (secondary N) is 1. The molecule has 0 saturated heterocycles. The van der Waals surface area contributed by atoms with E-state index in [9.17, 15) is 4.79 Å². The lowest BCUT2D eigenvalue weighted by atomic mass is 10.1. The fraction of sp³-hybridized carbons (Fsp3) is 0.412. The first-order chi connectivity index (χ1) is 11.7. The van der Waals surface area contributed by atoms with Crippen molar-refractivity contribution in [1.29, 1.82) is 0 Å². The maximum Gasteiger partial charge on any atom is 0.220 e. The highest BCUT2D eigenvalue weighted by Gasteiger charge is 2.09. The maximum absolute atomic E-state index is 12.0. The summed E-state index contributed by atoms with van der Waals surface area (Å²) in [7, 11) is 0. The summed E-state index contributed by atoms with van der Waals surface area (Å²) in [6.07, 6.45) is 5.79. The molecule has 0 fully saturated rings. The Morgan fingerprint density at radius 1 is 1.25 bits per heavy atom. The summed E-state index contributed by atoms with van der Waals surface area (Å²) < 4.78 is 3.84. The standard InChI is InChI=1S/C17H22N6O/c1-3-22-12-14(13(2)21-22)7-8-17(24)18-10-9-16-20-19-15-6-4-5-11-23(15)16/h4-6,11-12H,3,7-10H2,1-2H3,(H,18,24). The maximum atomic E-state index is 12.0. The highest BCUT2D eigenvalue weighted by molar-refractivity contribution is 5.76. The van der Waals surface area contributed by atoms with Crippen LogP contribution in [0.5, 0.6) is 0 Å².